The lowest BCUT2D eigenvalue weighted by atomic mass is 9.91. The first kappa shape index (κ1) is 27.0. The summed E-state index contributed by atoms with van der Waals surface area (Å²) in [6.07, 6.45) is 7.22. The number of fused-ring (bicyclic) bond motifs is 3. The first-order chi connectivity index (χ1) is 20.5. The van der Waals surface area contributed by atoms with Crippen molar-refractivity contribution >= 4 is 21.8 Å². The van der Waals surface area contributed by atoms with Gasteiger partial charge in [0.1, 0.15) is 5.82 Å². The lowest BCUT2D eigenvalue weighted by Gasteiger charge is -2.14. The van der Waals surface area contributed by atoms with Crippen molar-refractivity contribution in [2.75, 3.05) is 0 Å². The van der Waals surface area contributed by atoms with E-state index in [1.807, 2.05) is 31.5 Å². The molecule has 0 bridgehead atoms. The summed E-state index contributed by atoms with van der Waals surface area (Å²) in [4.78, 5) is 17.7. The van der Waals surface area contributed by atoms with Gasteiger partial charge in [-0.05, 0) is 54.2 Å². The molecule has 0 unspecified atom stereocenters. The largest absolute Gasteiger partial charge is 0.278 e. The summed E-state index contributed by atoms with van der Waals surface area (Å²) in [7, 11) is 0. The van der Waals surface area contributed by atoms with E-state index in [9.17, 15) is 0 Å². The fourth-order valence-electron chi connectivity index (χ4n) is 5.39. The standard InChI is InChI=1S/C21H15N5.C16H18/c1-14-22-10-15(11-23-14)16-12-24-21(25-13-16)26-19-8-4-2-6-17(19)18-7-3-5-9-20(18)26;1-12(2)14-9-6-7-11-16(14)15-10-5-4-8-13(15)3/h2-13H,1H3;4-12H,1-3H3. The molecule has 0 fully saturated rings. The van der Waals surface area contributed by atoms with Crippen molar-refractivity contribution in [3.05, 3.63) is 139 Å². The Morgan fingerprint density at radius 1 is 0.524 bits per heavy atom. The zero-order valence-corrected chi connectivity index (χ0v) is 24.4. The van der Waals surface area contributed by atoms with Crippen LogP contribution in [0.1, 0.15) is 36.7 Å². The highest BCUT2D eigenvalue weighted by Crippen LogP contribution is 2.32. The zero-order valence-electron chi connectivity index (χ0n) is 24.4. The van der Waals surface area contributed by atoms with Gasteiger partial charge in [-0.25, -0.2) is 19.9 Å². The van der Waals surface area contributed by atoms with E-state index < -0.39 is 0 Å². The second-order valence-electron chi connectivity index (χ2n) is 10.7. The van der Waals surface area contributed by atoms with E-state index in [1.54, 1.807) is 12.4 Å². The first-order valence-electron chi connectivity index (χ1n) is 14.3. The zero-order chi connectivity index (χ0) is 29.1. The van der Waals surface area contributed by atoms with Crippen LogP contribution in [0.4, 0.5) is 0 Å². The summed E-state index contributed by atoms with van der Waals surface area (Å²) in [5.41, 5.74) is 9.49. The van der Waals surface area contributed by atoms with Gasteiger partial charge in [0.05, 0.1) is 11.0 Å². The van der Waals surface area contributed by atoms with Crippen LogP contribution in [-0.4, -0.2) is 24.5 Å². The maximum atomic E-state index is 4.62. The van der Waals surface area contributed by atoms with E-state index in [-0.39, 0.29) is 0 Å². The Balaban J connectivity index is 0.000000170. The molecule has 0 N–H and O–H groups in total. The molecule has 7 aromatic rings. The van der Waals surface area contributed by atoms with Gasteiger partial charge >= 0.3 is 0 Å². The third-order valence-electron chi connectivity index (χ3n) is 7.55. The molecule has 0 amide bonds. The van der Waals surface area contributed by atoms with E-state index in [4.69, 9.17) is 0 Å². The minimum absolute atomic E-state index is 0.566. The highest BCUT2D eigenvalue weighted by Gasteiger charge is 2.13. The maximum Gasteiger partial charge on any atom is 0.234 e. The summed E-state index contributed by atoms with van der Waals surface area (Å²) in [6, 6.07) is 33.9. The quantitative estimate of drug-likeness (QED) is 0.220. The second-order valence-corrected chi connectivity index (χ2v) is 10.7. The monoisotopic (exact) mass is 547 g/mol. The van der Waals surface area contributed by atoms with Crippen LogP contribution in [0.15, 0.2) is 122 Å². The molecule has 0 radical (unpaired) electrons. The molecule has 3 heterocycles. The van der Waals surface area contributed by atoms with Crippen LogP contribution in [0.3, 0.4) is 0 Å². The number of aryl methyl sites for hydroxylation is 2. The number of hydrogen-bond donors (Lipinski definition) is 0. The molecular formula is C37H33N5. The summed E-state index contributed by atoms with van der Waals surface area (Å²) < 4.78 is 2.10. The molecule has 0 aliphatic heterocycles. The highest BCUT2D eigenvalue weighted by molar-refractivity contribution is 6.08. The number of nitrogens with zero attached hydrogens (tertiary/aromatic N) is 5. The number of benzene rings is 4. The fourth-order valence-corrected chi connectivity index (χ4v) is 5.39. The summed E-state index contributed by atoms with van der Waals surface area (Å²) in [5, 5.41) is 2.39. The molecule has 5 heteroatoms. The van der Waals surface area contributed by atoms with Gasteiger partial charge in [0, 0.05) is 46.7 Å². The predicted molar refractivity (Wildman–Crippen MR) is 173 cm³/mol. The molecule has 7 rings (SSSR count). The van der Waals surface area contributed by atoms with Crippen molar-refractivity contribution in [3.63, 3.8) is 0 Å². The molecular weight excluding hydrogens is 514 g/mol. The van der Waals surface area contributed by atoms with Crippen molar-refractivity contribution < 1.29 is 0 Å². The normalized spacial score (nSPS) is 11.1. The van der Waals surface area contributed by atoms with Gasteiger partial charge in [-0.1, -0.05) is 98.8 Å². The molecule has 0 saturated heterocycles. The van der Waals surface area contributed by atoms with Crippen molar-refractivity contribution in [1.82, 2.24) is 24.5 Å². The van der Waals surface area contributed by atoms with Gasteiger partial charge in [0.25, 0.3) is 0 Å². The first-order valence-corrected chi connectivity index (χ1v) is 14.3. The van der Waals surface area contributed by atoms with Crippen LogP contribution >= 0.6 is 0 Å². The molecule has 0 aliphatic carbocycles. The Bertz CT molecular complexity index is 1920. The number of para-hydroxylation sites is 2. The molecule has 0 spiro atoms. The number of hydrogen-bond acceptors (Lipinski definition) is 4. The van der Waals surface area contributed by atoms with Crippen LogP contribution < -0.4 is 0 Å². The van der Waals surface area contributed by atoms with Crippen LogP contribution in [0.2, 0.25) is 0 Å². The molecule has 4 aromatic carbocycles. The molecule has 0 atom stereocenters. The van der Waals surface area contributed by atoms with Gasteiger partial charge in [-0.15, -0.1) is 0 Å². The van der Waals surface area contributed by atoms with Crippen molar-refractivity contribution in [2.24, 2.45) is 0 Å². The van der Waals surface area contributed by atoms with Crippen LogP contribution in [0.5, 0.6) is 0 Å². The van der Waals surface area contributed by atoms with E-state index in [0.29, 0.717) is 11.9 Å². The lowest BCUT2D eigenvalue weighted by molar-refractivity contribution is 0.869. The van der Waals surface area contributed by atoms with Gasteiger partial charge in [0.15, 0.2) is 0 Å². The Labute approximate surface area is 246 Å². The number of rotatable bonds is 4. The van der Waals surface area contributed by atoms with Gasteiger partial charge in [-0.3, -0.25) is 4.57 Å². The van der Waals surface area contributed by atoms with Crippen LogP contribution in [0, 0.1) is 13.8 Å². The minimum Gasteiger partial charge on any atom is -0.278 e. The molecule has 5 nitrogen and oxygen atoms in total. The van der Waals surface area contributed by atoms with E-state index in [2.05, 4.69) is 130 Å². The van der Waals surface area contributed by atoms with Gasteiger partial charge in [-0.2, -0.15) is 0 Å². The van der Waals surface area contributed by atoms with Gasteiger partial charge < -0.3 is 0 Å². The van der Waals surface area contributed by atoms with E-state index in [0.717, 1.165) is 28.0 Å². The summed E-state index contributed by atoms with van der Waals surface area (Å²) in [6.45, 7) is 8.53. The van der Waals surface area contributed by atoms with E-state index >= 15 is 0 Å². The van der Waals surface area contributed by atoms with Gasteiger partial charge in [0.2, 0.25) is 5.95 Å². The smallest absolute Gasteiger partial charge is 0.234 e. The maximum absolute atomic E-state index is 4.62. The Kier molecular flexibility index (Phi) is 7.56. The third kappa shape index (κ3) is 5.29. The average Bonchev–Trinajstić information content (AvgIpc) is 3.37. The summed E-state index contributed by atoms with van der Waals surface area (Å²) >= 11 is 0. The Morgan fingerprint density at radius 2 is 1.00 bits per heavy atom. The summed E-state index contributed by atoms with van der Waals surface area (Å²) in [5.74, 6) is 1.96. The Morgan fingerprint density at radius 3 is 1.57 bits per heavy atom. The van der Waals surface area contributed by atoms with Crippen LogP contribution in [-0.2, 0) is 0 Å². The fraction of sp³-hybridized carbons (Fsp3) is 0.135. The molecule has 3 aromatic heterocycles. The minimum atomic E-state index is 0.566. The lowest BCUT2D eigenvalue weighted by Crippen LogP contribution is -2.00. The second kappa shape index (κ2) is 11.8. The topological polar surface area (TPSA) is 56.5 Å². The highest BCUT2D eigenvalue weighted by atomic mass is 15.1. The molecule has 42 heavy (non-hydrogen) atoms. The van der Waals surface area contributed by atoms with Crippen molar-refractivity contribution in [3.8, 4) is 28.2 Å². The number of aromatic nitrogens is 5. The SMILES string of the molecule is Cc1ccccc1-c1ccccc1C(C)C.Cc1ncc(-c2cnc(-n3c4ccccc4c4ccccc43)nc2)cn1. The van der Waals surface area contributed by atoms with E-state index in [1.165, 1.54) is 33.0 Å². The van der Waals surface area contributed by atoms with Crippen molar-refractivity contribution in [2.45, 2.75) is 33.6 Å². The predicted octanol–water partition coefficient (Wildman–Crippen LogP) is 9.12. The third-order valence-corrected chi connectivity index (χ3v) is 7.55. The van der Waals surface area contributed by atoms with Crippen LogP contribution in [0.25, 0.3) is 50.0 Å². The average molecular weight is 548 g/mol. The van der Waals surface area contributed by atoms with Crippen molar-refractivity contribution in [1.29, 1.82) is 0 Å². The molecule has 0 saturated carbocycles. The molecule has 0 aliphatic rings. The molecule has 206 valence electrons. The Hall–Kier alpha value is -5.16.